The molecule has 0 amide bonds. The van der Waals surface area contributed by atoms with Crippen molar-refractivity contribution in [1.82, 2.24) is 4.90 Å². The predicted octanol–water partition coefficient (Wildman–Crippen LogP) is 1.52. The van der Waals surface area contributed by atoms with E-state index in [1.54, 1.807) is 0 Å². The Hall–Kier alpha value is -1.20. The van der Waals surface area contributed by atoms with Crippen LogP contribution in [0.25, 0.3) is 0 Å². The van der Waals surface area contributed by atoms with Gasteiger partial charge in [-0.15, -0.1) is 11.8 Å². The molecule has 3 rings (SSSR count). The molecule has 0 saturated carbocycles. The van der Waals surface area contributed by atoms with Gasteiger partial charge in [-0.1, -0.05) is 18.2 Å². The van der Waals surface area contributed by atoms with E-state index in [-0.39, 0.29) is 0 Å². The molecule has 1 unspecified atom stereocenters. The van der Waals surface area contributed by atoms with Gasteiger partial charge in [0.25, 0.3) is 0 Å². The minimum atomic E-state index is 0.501. The summed E-state index contributed by atoms with van der Waals surface area (Å²) in [4.78, 5) is 8.08. The van der Waals surface area contributed by atoms with E-state index in [4.69, 9.17) is 10.5 Å². The third-order valence-electron chi connectivity index (χ3n) is 3.61. The summed E-state index contributed by atoms with van der Waals surface area (Å²) in [6.07, 6.45) is 0. The lowest BCUT2D eigenvalue weighted by molar-refractivity contribution is 0.0674. The van der Waals surface area contributed by atoms with Gasteiger partial charge in [-0.2, -0.15) is 0 Å². The number of hydrogen-bond donors (Lipinski definition) is 1. The van der Waals surface area contributed by atoms with Crippen molar-refractivity contribution in [2.75, 3.05) is 38.6 Å². The lowest BCUT2D eigenvalue weighted by atomic mass is 10.0. The molecule has 2 aliphatic rings. The van der Waals surface area contributed by atoms with Crippen molar-refractivity contribution >= 4 is 17.7 Å². The first-order valence-corrected chi connectivity index (χ1v) is 7.67. The van der Waals surface area contributed by atoms with Crippen molar-refractivity contribution in [1.29, 1.82) is 0 Å². The molecule has 0 spiro atoms. The summed E-state index contributed by atoms with van der Waals surface area (Å²) in [5.41, 5.74) is 7.48. The van der Waals surface area contributed by atoms with Gasteiger partial charge < -0.3 is 15.4 Å². The number of rotatable bonds is 2. The molecule has 1 aromatic carbocycles. The van der Waals surface area contributed by atoms with Gasteiger partial charge in [0.2, 0.25) is 0 Å². The van der Waals surface area contributed by atoms with Gasteiger partial charge in [-0.05, 0) is 11.6 Å². The molecular formula is C14H19N3OS. The average molecular weight is 277 g/mol. The van der Waals surface area contributed by atoms with Gasteiger partial charge >= 0.3 is 0 Å². The summed E-state index contributed by atoms with van der Waals surface area (Å²) in [5, 5.41) is 0. The Balaban J connectivity index is 1.63. The molecule has 0 radical (unpaired) electrons. The van der Waals surface area contributed by atoms with Crippen LogP contribution in [0.2, 0.25) is 0 Å². The highest BCUT2D eigenvalue weighted by atomic mass is 32.2. The van der Waals surface area contributed by atoms with Gasteiger partial charge in [-0.3, -0.25) is 4.99 Å². The summed E-state index contributed by atoms with van der Waals surface area (Å²) in [6, 6.07) is 8.60. The van der Waals surface area contributed by atoms with Gasteiger partial charge in [0.05, 0.1) is 19.8 Å². The largest absolute Gasteiger partial charge is 0.378 e. The molecule has 1 atom stereocenters. The van der Waals surface area contributed by atoms with E-state index in [1.165, 1.54) is 10.5 Å². The van der Waals surface area contributed by atoms with Crippen LogP contribution in [0.5, 0.6) is 0 Å². The van der Waals surface area contributed by atoms with Gasteiger partial charge in [0.15, 0.2) is 5.96 Å². The number of morpholine rings is 1. The number of nitrogens with two attached hydrogens (primary N) is 1. The van der Waals surface area contributed by atoms with E-state index in [0.717, 1.165) is 38.6 Å². The number of fused-ring (bicyclic) bond motifs is 1. The molecule has 2 heterocycles. The van der Waals surface area contributed by atoms with Crippen LogP contribution in [0.3, 0.4) is 0 Å². The number of benzene rings is 1. The van der Waals surface area contributed by atoms with Gasteiger partial charge in [-0.25, -0.2) is 0 Å². The fourth-order valence-corrected chi connectivity index (χ4v) is 3.72. The van der Waals surface area contributed by atoms with E-state index >= 15 is 0 Å². The number of aliphatic imine (C=N–C) groups is 1. The molecule has 1 saturated heterocycles. The van der Waals surface area contributed by atoms with E-state index in [9.17, 15) is 0 Å². The molecule has 0 aromatic heterocycles. The molecule has 19 heavy (non-hydrogen) atoms. The molecule has 0 bridgehead atoms. The second-order valence-electron chi connectivity index (χ2n) is 4.84. The number of nitrogens with zero attached hydrogens (tertiary/aromatic N) is 2. The first-order chi connectivity index (χ1) is 9.34. The Bertz CT molecular complexity index is 472. The van der Waals surface area contributed by atoms with Gasteiger partial charge in [0.1, 0.15) is 0 Å². The maximum absolute atomic E-state index is 6.06. The number of thioether (sulfide) groups is 1. The lowest BCUT2D eigenvalue weighted by Crippen LogP contribution is -2.45. The number of guanidine groups is 1. The molecule has 4 nitrogen and oxygen atoms in total. The SMILES string of the molecule is NC(=NCC1CSc2ccccc21)N1CCOCC1. The van der Waals surface area contributed by atoms with Crippen molar-refractivity contribution in [2.45, 2.75) is 10.8 Å². The van der Waals surface area contributed by atoms with E-state index < -0.39 is 0 Å². The van der Waals surface area contributed by atoms with E-state index in [0.29, 0.717) is 11.9 Å². The van der Waals surface area contributed by atoms with Crippen LogP contribution in [0, 0.1) is 0 Å². The standard InChI is InChI=1S/C14H19N3OS/c15-14(17-5-7-18-8-6-17)16-9-11-10-19-13-4-2-1-3-12(11)13/h1-4,11H,5-10H2,(H2,15,16). The fraction of sp³-hybridized carbons (Fsp3) is 0.500. The fourth-order valence-electron chi connectivity index (χ4n) is 2.48. The van der Waals surface area contributed by atoms with E-state index in [2.05, 4.69) is 34.2 Å². The highest BCUT2D eigenvalue weighted by Gasteiger charge is 2.22. The summed E-state index contributed by atoms with van der Waals surface area (Å²) in [5.74, 6) is 2.28. The first-order valence-electron chi connectivity index (χ1n) is 6.69. The van der Waals surface area contributed by atoms with Crippen molar-refractivity contribution in [2.24, 2.45) is 10.7 Å². The molecule has 1 fully saturated rings. The maximum Gasteiger partial charge on any atom is 0.191 e. The Kier molecular flexibility index (Phi) is 3.94. The minimum absolute atomic E-state index is 0.501. The highest BCUT2D eigenvalue weighted by molar-refractivity contribution is 7.99. The topological polar surface area (TPSA) is 50.8 Å². The normalized spacial score (nSPS) is 23.5. The molecule has 102 valence electrons. The molecule has 2 N–H and O–H groups in total. The summed E-state index contributed by atoms with van der Waals surface area (Å²) >= 11 is 1.92. The van der Waals surface area contributed by atoms with E-state index in [1.807, 2.05) is 11.8 Å². The van der Waals surface area contributed by atoms with Crippen LogP contribution in [-0.2, 0) is 4.74 Å². The average Bonchev–Trinajstić information content (AvgIpc) is 2.89. The quantitative estimate of drug-likeness (QED) is 0.658. The zero-order valence-corrected chi connectivity index (χ0v) is 11.7. The van der Waals surface area contributed by atoms with Crippen molar-refractivity contribution in [3.63, 3.8) is 0 Å². The minimum Gasteiger partial charge on any atom is -0.378 e. The molecule has 2 aliphatic heterocycles. The predicted molar refractivity (Wildman–Crippen MR) is 78.8 cm³/mol. The summed E-state index contributed by atoms with van der Waals surface area (Å²) < 4.78 is 5.32. The molecule has 5 heteroatoms. The molecule has 0 aliphatic carbocycles. The summed E-state index contributed by atoms with van der Waals surface area (Å²) in [7, 11) is 0. The maximum atomic E-state index is 6.06. The van der Waals surface area contributed by atoms with Crippen LogP contribution in [-0.4, -0.2) is 49.5 Å². The molecular weight excluding hydrogens is 258 g/mol. The zero-order chi connectivity index (χ0) is 13.1. The third kappa shape index (κ3) is 2.87. The van der Waals surface area contributed by atoms with Crippen LogP contribution in [0.4, 0.5) is 0 Å². The Morgan fingerprint density at radius 2 is 2.16 bits per heavy atom. The van der Waals surface area contributed by atoms with Crippen LogP contribution in [0.1, 0.15) is 11.5 Å². The Morgan fingerprint density at radius 3 is 3.00 bits per heavy atom. The zero-order valence-electron chi connectivity index (χ0n) is 10.9. The smallest absolute Gasteiger partial charge is 0.191 e. The number of ether oxygens (including phenoxy) is 1. The van der Waals surface area contributed by atoms with Crippen LogP contribution >= 0.6 is 11.8 Å². The lowest BCUT2D eigenvalue weighted by Gasteiger charge is -2.27. The molecule has 1 aromatic rings. The third-order valence-corrected chi connectivity index (χ3v) is 4.86. The highest BCUT2D eigenvalue weighted by Crippen LogP contribution is 2.39. The van der Waals surface area contributed by atoms with Crippen molar-refractivity contribution < 1.29 is 4.74 Å². The summed E-state index contributed by atoms with van der Waals surface area (Å²) in [6.45, 7) is 3.99. The Morgan fingerprint density at radius 1 is 1.37 bits per heavy atom. The number of hydrogen-bond acceptors (Lipinski definition) is 3. The second kappa shape index (κ2) is 5.84. The van der Waals surface area contributed by atoms with Crippen LogP contribution < -0.4 is 5.73 Å². The monoisotopic (exact) mass is 277 g/mol. The van der Waals surface area contributed by atoms with Crippen LogP contribution in [0.15, 0.2) is 34.2 Å². The first kappa shape index (κ1) is 12.8. The Labute approximate surface area is 118 Å². The van der Waals surface area contributed by atoms with Crippen molar-refractivity contribution in [3.05, 3.63) is 29.8 Å². The van der Waals surface area contributed by atoms with Gasteiger partial charge in [0, 0.05) is 29.7 Å². The van der Waals surface area contributed by atoms with Crippen molar-refractivity contribution in [3.8, 4) is 0 Å². The second-order valence-corrected chi connectivity index (χ2v) is 5.91.